The Morgan fingerprint density at radius 1 is 0.650 bits per heavy atom. The second-order valence-corrected chi connectivity index (χ2v) is 7.87. The molecule has 4 heteroatoms. The van der Waals surface area contributed by atoms with Crippen LogP contribution in [0.4, 0.5) is 0 Å². The molecule has 2 nitrogen and oxygen atoms in total. The van der Waals surface area contributed by atoms with Gasteiger partial charge < -0.3 is 0 Å². The topological polar surface area (TPSA) is 34.1 Å². The molecule has 2 atom stereocenters. The lowest BCUT2D eigenvalue weighted by Crippen LogP contribution is -2.08. The van der Waals surface area contributed by atoms with Crippen molar-refractivity contribution in [3.63, 3.8) is 0 Å². The molecule has 0 saturated heterocycles. The Hall–Kier alpha value is -1.26. The third-order valence-corrected chi connectivity index (χ3v) is 6.03. The molecule has 0 amide bonds. The van der Waals surface area contributed by atoms with Crippen LogP contribution in [0.2, 0.25) is 0 Å². The van der Waals surface area contributed by atoms with Gasteiger partial charge >= 0.3 is 0 Å². The van der Waals surface area contributed by atoms with Crippen LogP contribution in [0.25, 0.3) is 0 Å². The Kier molecular flexibility index (Phi) is 5.26. The van der Waals surface area contributed by atoms with Crippen LogP contribution >= 0.6 is 0 Å². The zero-order chi connectivity index (χ0) is 14.5. The van der Waals surface area contributed by atoms with E-state index >= 15 is 0 Å². The van der Waals surface area contributed by atoms with Crippen molar-refractivity contribution in [3.05, 3.63) is 59.7 Å². The predicted octanol–water partition coefficient (Wildman–Crippen LogP) is 3.22. The molecule has 0 aliphatic carbocycles. The van der Waals surface area contributed by atoms with Gasteiger partial charge in [-0.25, -0.2) is 0 Å². The summed E-state index contributed by atoms with van der Waals surface area (Å²) in [6, 6.07) is 15.3. The second-order valence-electron chi connectivity index (χ2n) is 4.73. The van der Waals surface area contributed by atoms with Gasteiger partial charge in [0.05, 0.1) is 21.6 Å². The van der Waals surface area contributed by atoms with Crippen LogP contribution in [0.3, 0.4) is 0 Å². The van der Waals surface area contributed by atoms with Crippen molar-refractivity contribution in [1.29, 1.82) is 0 Å². The van der Waals surface area contributed by atoms with Gasteiger partial charge in [-0.15, -0.1) is 0 Å². The minimum atomic E-state index is -1.08. The summed E-state index contributed by atoms with van der Waals surface area (Å²) >= 11 is 0. The SMILES string of the molecule is Cc1ccc([S@](=O)CC[S@@](=O)c2ccc(C)cc2)cc1. The molecule has 0 spiro atoms. The van der Waals surface area contributed by atoms with Crippen molar-refractivity contribution >= 4 is 21.6 Å². The molecule has 0 saturated carbocycles. The molecular formula is C16H18O2S2. The van der Waals surface area contributed by atoms with Gasteiger partial charge in [-0.2, -0.15) is 0 Å². The molecule has 0 fully saturated rings. The summed E-state index contributed by atoms with van der Waals surface area (Å²) in [6.07, 6.45) is 0. The van der Waals surface area contributed by atoms with Crippen molar-refractivity contribution in [3.8, 4) is 0 Å². The van der Waals surface area contributed by atoms with E-state index < -0.39 is 21.6 Å². The molecule has 0 unspecified atom stereocenters. The Morgan fingerprint density at radius 2 is 0.950 bits per heavy atom. The maximum atomic E-state index is 12.1. The Balaban J connectivity index is 1.94. The molecule has 0 aromatic heterocycles. The Bertz CT molecular complexity index is 558. The van der Waals surface area contributed by atoms with E-state index in [1.165, 1.54) is 0 Å². The lowest BCUT2D eigenvalue weighted by molar-refractivity contribution is 0.678. The summed E-state index contributed by atoms with van der Waals surface area (Å²) in [5.41, 5.74) is 2.29. The Morgan fingerprint density at radius 3 is 1.25 bits per heavy atom. The quantitative estimate of drug-likeness (QED) is 0.850. The van der Waals surface area contributed by atoms with Crippen molar-refractivity contribution in [2.24, 2.45) is 0 Å². The van der Waals surface area contributed by atoms with Crippen LogP contribution < -0.4 is 0 Å². The highest BCUT2D eigenvalue weighted by molar-refractivity contribution is 7.88. The zero-order valence-corrected chi connectivity index (χ0v) is 13.3. The first-order chi connectivity index (χ1) is 9.56. The molecule has 2 aromatic carbocycles. The first-order valence-electron chi connectivity index (χ1n) is 6.46. The van der Waals surface area contributed by atoms with Gasteiger partial charge in [0.2, 0.25) is 0 Å². The van der Waals surface area contributed by atoms with Crippen LogP contribution in [-0.2, 0) is 21.6 Å². The van der Waals surface area contributed by atoms with E-state index in [-0.39, 0.29) is 0 Å². The van der Waals surface area contributed by atoms with E-state index in [1.807, 2.05) is 62.4 Å². The van der Waals surface area contributed by atoms with E-state index in [1.54, 1.807) is 0 Å². The van der Waals surface area contributed by atoms with Gasteiger partial charge in [-0.1, -0.05) is 35.4 Å². The molecule has 106 valence electrons. The molecule has 0 aliphatic heterocycles. The van der Waals surface area contributed by atoms with Crippen molar-refractivity contribution in [2.45, 2.75) is 23.6 Å². The minimum Gasteiger partial charge on any atom is -0.254 e. The fourth-order valence-electron chi connectivity index (χ4n) is 1.77. The molecular weight excluding hydrogens is 288 g/mol. The van der Waals surface area contributed by atoms with Crippen LogP contribution in [0, 0.1) is 13.8 Å². The minimum absolute atomic E-state index is 0.420. The van der Waals surface area contributed by atoms with Crippen LogP contribution in [-0.4, -0.2) is 19.9 Å². The molecule has 0 bridgehead atoms. The fourth-order valence-corrected chi connectivity index (χ4v) is 4.33. The fraction of sp³-hybridized carbons (Fsp3) is 0.250. The average molecular weight is 306 g/mol. The number of hydrogen-bond donors (Lipinski definition) is 0. The third-order valence-electron chi connectivity index (χ3n) is 3.02. The molecule has 0 N–H and O–H groups in total. The molecule has 0 aliphatic rings. The van der Waals surface area contributed by atoms with Gasteiger partial charge in [0.25, 0.3) is 0 Å². The standard InChI is InChI=1S/C16H18O2S2/c1-13-3-7-15(8-4-13)19(17)11-12-20(18)16-9-5-14(2)6-10-16/h3-10H,11-12H2,1-2H3/t19-,20-/m1/s1. The molecule has 2 aromatic rings. The maximum absolute atomic E-state index is 12.1. The molecule has 0 radical (unpaired) electrons. The van der Waals surface area contributed by atoms with E-state index in [4.69, 9.17) is 0 Å². The molecule has 0 heterocycles. The Labute approximate surface area is 125 Å². The lowest BCUT2D eigenvalue weighted by atomic mass is 10.2. The van der Waals surface area contributed by atoms with Gasteiger partial charge in [-0.3, -0.25) is 8.42 Å². The number of hydrogen-bond acceptors (Lipinski definition) is 2. The molecule has 2 rings (SSSR count). The molecule has 20 heavy (non-hydrogen) atoms. The van der Waals surface area contributed by atoms with E-state index in [2.05, 4.69) is 0 Å². The zero-order valence-electron chi connectivity index (χ0n) is 11.7. The van der Waals surface area contributed by atoms with Crippen molar-refractivity contribution < 1.29 is 8.42 Å². The summed E-state index contributed by atoms with van der Waals surface area (Å²) in [4.78, 5) is 1.60. The summed E-state index contributed by atoms with van der Waals surface area (Å²) in [5.74, 6) is 0.840. The van der Waals surface area contributed by atoms with E-state index in [9.17, 15) is 8.42 Å². The van der Waals surface area contributed by atoms with Gasteiger partial charge in [0.1, 0.15) is 0 Å². The maximum Gasteiger partial charge on any atom is 0.0538 e. The highest BCUT2D eigenvalue weighted by Crippen LogP contribution is 2.11. The van der Waals surface area contributed by atoms with Crippen LogP contribution in [0.15, 0.2) is 58.3 Å². The number of benzene rings is 2. The second kappa shape index (κ2) is 6.95. The highest BCUT2D eigenvalue weighted by Gasteiger charge is 2.08. The van der Waals surface area contributed by atoms with Gasteiger partial charge in [0.15, 0.2) is 0 Å². The van der Waals surface area contributed by atoms with E-state index in [0.29, 0.717) is 11.5 Å². The summed E-state index contributed by atoms with van der Waals surface area (Å²) < 4.78 is 24.2. The normalized spacial score (nSPS) is 13.9. The first kappa shape index (κ1) is 15.1. The first-order valence-corrected chi connectivity index (χ1v) is 9.10. The monoisotopic (exact) mass is 306 g/mol. The smallest absolute Gasteiger partial charge is 0.0538 e. The summed E-state index contributed by atoms with van der Waals surface area (Å²) in [6.45, 7) is 4.00. The van der Waals surface area contributed by atoms with Crippen LogP contribution in [0.1, 0.15) is 11.1 Å². The average Bonchev–Trinajstić information content (AvgIpc) is 2.46. The summed E-state index contributed by atoms with van der Waals surface area (Å²) in [5, 5.41) is 0. The van der Waals surface area contributed by atoms with Crippen molar-refractivity contribution in [1.82, 2.24) is 0 Å². The van der Waals surface area contributed by atoms with Crippen LogP contribution in [0.5, 0.6) is 0 Å². The van der Waals surface area contributed by atoms with Gasteiger partial charge in [0, 0.05) is 21.3 Å². The summed E-state index contributed by atoms with van der Waals surface area (Å²) in [7, 11) is -2.17. The lowest BCUT2D eigenvalue weighted by Gasteiger charge is -2.04. The van der Waals surface area contributed by atoms with E-state index in [0.717, 1.165) is 20.9 Å². The predicted molar refractivity (Wildman–Crippen MR) is 84.9 cm³/mol. The largest absolute Gasteiger partial charge is 0.254 e. The highest BCUT2D eigenvalue weighted by atomic mass is 32.2. The van der Waals surface area contributed by atoms with Crippen molar-refractivity contribution in [2.75, 3.05) is 11.5 Å². The van der Waals surface area contributed by atoms with Gasteiger partial charge in [-0.05, 0) is 38.1 Å². The number of aryl methyl sites for hydroxylation is 2. The third kappa shape index (κ3) is 4.12. The number of rotatable bonds is 5.